The highest BCUT2D eigenvalue weighted by molar-refractivity contribution is 6.06. The molecule has 1 aromatic heterocycles. The molecule has 3 heterocycles. The number of carbonyl (C=O) groups is 2. The number of morpholine rings is 1. The van der Waals surface area contributed by atoms with Crippen molar-refractivity contribution in [1.82, 2.24) is 9.88 Å². The number of H-pyrrole nitrogens is 1. The second kappa shape index (κ2) is 11.1. The van der Waals surface area contributed by atoms with Gasteiger partial charge < -0.3 is 24.8 Å². The van der Waals surface area contributed by atoms with Crippen LogP contribution in [0.25, 0.3) is 22.2 Å². The highest BCUT2D eigenvalue weighted by Crippen LogP contribution is 2.46. The summed E-state index contributed by atoms with van der Waals surface area (Å²) in [6.45, 7) is 7.01. The monoisotopic (exact) mass is 570 g/mol. The molecule has 2 N–H and O–H groups in total. The van der Waals surface area contributed by atoms with Crippen LogP contribution in [0.3, 0.4) is 0 Å². The molecule has 0 bridgehead atoms. The first-order chi connectivity index (χ1) is 21.0. The molecule has 7 rings (SSSR count). The number of amides is 2. The summed E-state index contributed by atoms with van der Waals surface area (Å²) in [7, 11) is 0. The van der Waals surface area contributed by atoms with Gasteiger partial charge in [0.15, 0.2) is 0 Å². The van der Waals surface area contributed by atoms with Crippen molar-refractivity contribution in [3.05, 3.63) is 119 Å². The van der Waals surface area contributed by atoms with E-state index in [9.17, 15) is 9.59 Å². The largest absolute Gasteiger partial charge is 0.378 e. The van der Waals surface area contributed by atoms with E-state index in [4.69, 9.17) is 4.74 Å². The molecular formula is C36H34N4O3. The molecule has 216 valence electrons. The third kappa shape index (κ3) is 4.85. The van der Waals surface area contributed by atoms with Crippen LogP contribution in [0.15, 0.2) is 97.1 Å². The molecule has 0 aliphatic carbocycles. The second-order valence-corrected chi connectivity index (χ2v) is 11.3. The summed E-state index contributed by atoms with van der Waals surface area (Å²) in [6, 6.07) is 31.0. The Bertz CT molecular complexity index is 1800. The van der Waals surface area contributed by atoms with Gasteiger partial charge in [0.05, 0.1) is 24.9 Å². The Morgan fingerprint density at radius 1 is 0.907 bits per heavy atom. The van der Waals surface area contributed by atoms with Crippen molar-refractivity contribution in [1.29, 1.82) is 0 Å². The molecule has 2 unspecified atom stereocenters. The highest BCUT2D eigenvalue weighted by Gasteiger charge is 2.44. The molecule has 4 aromatic carbocycles. The molecule has 0 saturated carbocycles. The number of ether oxygens (including phenoxy) is 1. The number of aromatic nitrogens is 1. The SMILES string of the molecule is Cc1ccc(-c2[nH]c3ccccc3c2C2c3ccccc3C(=O)N2C(C)C(=O)Nc2ccc(N3CCOCC3)cc2)cc1. The minimum atomic E-state index is -0.733. The number of hydrogen-bond donors (Lipinski definition) is 2. The van der Waals surface area contributed by atoms with Crippen molar-refractivity contribution >= 4 is 34.1 Å². The van der Waals surface area contributed by atoms with E-state index in [2.05, 4.69) is 58.5 Å². The molecule has 0 radical (unpaired) electrons. The number of aromatic amines is 1. The van der Waals surface area contributed by atoms with E-state index < -0.39 is 12.1 Å². The first-order valence-corrected chi connectivity index (χ1v) is 14.8. The number of hydrogen-bond acceptors (Lipinski definition) is 4. The van der Waals surface area contributed by atoms with E-state index in [1.54, 1.807) is 4.90 Å². The van der Waals surface area contributed by atoms with Crippen LogP contribution in [0.2, 0.25) is 0 Å². The molecule has 2 atom stereocenters. The lowest BCUT2D eigenvalue weighted by Crippen LogP contribution is -2.44. The fourth-order valence-corrected chi connectivity index (χ4v) is 6.38. The van der Waals surface area contributed by atoms with Crippen LogP contribution in [0.5, 0.6) is 0 Å². The van der Waals surface area contributed by atoms with Crippen LogP contribution in [-0.4, -0.2) is 54.0 Å². The summed E-state index contributed by atoms with van der Waals surface area (Å²) in [6.07, 6.45) is 0. The van der Waals surface area contributed by atoms with Crippen molar-refractivity contribution < 1.29 is 14.3 Å². The quantitative estimate of drug-likeness (QED) is 0.243. The zero-order valence-corrected chi connectivity index (χ0v) is 24.3. The average molecular weight is 571 g/mol. The number of anilines is 2. The topological polar surface area (TPSA) is 77.7 Å². The van der Waals surface area contributed by atoms with Gasteiger partial charge in [-0.3, -0.25) is 9.59 Å². The van der Waals surface area contributed by atoms with Gasteiger partial charge in [-0.15, -0.1) is 0 Å². The van der Waals surface area contributed by atoms with Gasteiger partial charge in [0, 0.05) is 46.5 Å². The van der Waals surface area contributed by atoms with Crippen molar-refractivity contribution in [3.8, 4) is 11.3 Å². The Labute approximate surface area is 251 Å². The normalized spacial score (nSPS) is 17.3. The molecule has 43 heavy (non-hydrogen) atoms. The highest BCUT2D eigenvalue weighted by atomic mass is 16.5. The molecule has 0 spiro atoms. The fourth-order valence-electron chi connectivity index (χ4n) is 6.38. The van der Waals surface area contributed by atoms with E-state index in [-0.39, 0.29) is 11.8 Å². The van der Waals surface area contributed by atoms with Gasteiger partial charge in [-0.05, 0) is 61.4 Å². The maximum atomic E-state index is 14.1. The molecule has 2 aliphatic heterocycles. The van der Waals surface area contributed by atoms with Crippen LogP contribution >= 0.6 is 0 Å². The molecule has 2 amide bonds. The van der Waals surface area contributed by atoms with Gasteiger partial charge in [-0.25, -0.2) is 0 Å². The van der Waals surface area contributed by atoms with Gasteiger partial charge >= 0.3 is 0 Å². The summed E-state index contributed by atoms with van der Waals surface area (Å²) < 4.78 is 5.47. The minimum Gasteiger partial charge on any atom is -0.378 e. The lowest BCUT2D eigenvalue weighted by Gasteiger charge is -2.31. The lowest BCUT2D eigenvalue weighted by molar-refractivity contribution is -0.120. The third-order valence-electron chi connectivity index (χ3n) is 8.67. The molecule has 2 aliphatic rings. The van der Waals surface area contributed by atoms with Gasteiger partial charge in [-0.1, -0.05) is 66.2 Å². The third-order valence-corrected chi connectivity index (χ3v) is 8.67. The maximum absolute atomic E-state index is 14.1. The van der Waals surface area contributed by atoms with Gasteiger partial charge in [0.2, 0.25) is 5.91 Å². The van der Waals surface area contributed by atoms with E-state index in [1.165, 1.54) is 5.56 Å². The fraction of sp³-hybridized carbons (Fsp3) is 0.222. The molecule has 1 saturated heterocycles. The lowest BCUT2D eigenvalue weighted by atomic mass is 9.92. The Hall–Kier alpha value is -4.88. The van der Waals surface area contributed by atoms with Crippen LogP contribution in [-0.2, 0) is 9.53 Å². The molecular weight excluding hydrogens is 536 g/mol. The second-order valence-electron chi connectivity index (χ2n) is 11.3. The van der Waals surface area contributed by atoms with Gasteiger partial charge in [-0.2, -0.15) is 0 Å². The molecule has 7 heteroatoms. The average Bonchev–Trinajstić information content (AvgIpc) is 3.56. The van der Waals surface area contributed by atoms with Crippen LogP contribution in [0.4, 0.5) is 11.4 Å². The Morgan fingerprint density at radius 2 is 1.60 bits per heavy atom. The molecule has 5 aromatic rings. The Morgan fingerprint density at radius 3 is 2.37 bits per heavy atom. The minimum absolute atomic E-state index is 0.147. The van der Waals surface area contributed by atoms with E-state index in [0.29, 0.717) is 24.5 Å². The number of nitrogens with zero attached hydrogens (tertiary/aromatic N) is 2. The number of nitrogens with one attached hydrogen (secondary N) is 2. The number of fused-ring (bicyclic) bond motifs is 2. The number of aryl methyl sites for hydroxylation is 1. The Kier molecular flexibility index (Phi) is 6.95. The van der Waals surface area contributed by atoms with E-state index >= 15 is 0 Å². The first kappa shape index (κ1) is 27.0. The van der Waals surface area contributed by atoms with Crippen molar-refractivity contribution in [2.75, 3.05) is 36.5 Å². The van der Waals surface area contributed by atoms with E-state index in [0.717, 1.165) is 52.1 Å². The number of rotatable bonds is 6. The van der Waals surface area contributed by atoms with Crippen LogP contribution in [0.1, 0.15) is 40.0 Å². The summed E-state index contributed by atoms with van der Waals surface area (Å²) >= 11 is 0. The van der Waals surface area contributed by atoms with Crippen molar-refractivity contribution in [2.45, 2.75) is 25.9 Å². The zero-order valence-electron chi connectivity index (χ0n) is 24.3. The zero-order chi connectivity index (χ0) is 29.5. The number of benzene rings is 4. The smallest absolute Gasteiger partial charge is 0.255 e. The number of carbonyl (C=O) groups excluding carboxylic acids is 2. The maximum Gasteiger partial charge on any atom is 0.255 e. The standard InChI is InChI=1S/C36H34N4O3/c1-23-11-13-25(14-12-23)33-32(30-9-5-6-10-31(30)38-33)34-28-7-3-4-8-29(28)36(42)40(34)24(2)35(41)37-26-15-17-27(18-16-26)39-19-21-43-22-20-39/h3-18,24,34,38H,19-22H2,1-2H3,(H,37,41). The van der Waals surface area contributed by atoms with Crippen molar-refractivity contribution in [2.24, 2.45) is 0 Å². The first-order valence-electron chi connectivity index (χ1n) is 14.8. The van der Waals surface area contributed by atoms with Gasteiger partial charge in [0.1, 0.15) is 6.04 Å². The van der Waals surface area contributed by atoms with Crippen LogP contribution in [0, 0.1) is 6.92 Å². The molecule has 1 fully saturated rings. The van der Waals surface area contributed by atoms with Crippen molar-refractivity contribution in [3.63, 3.8) is 0 Å². The summed E-state index contributed by atoms with van der Waals surface area (Å²) in [5, 5.41) is 4.10. The van der Waals surface area contributed by atoms with E-state index in [1.807, 2.05) is 67.6 Å². The summed E-state index contributed by atoms with van der Waals surface area (Å²) in [5.74, 6) is -0.381. The summed E-state index contributed by atoms with van der Waals surface area (Å²) in [4.78, 5) is 35.5. The van der Waals surface area contributed by atoms with Crippen LogP contribution < -0.4 is 10.2 Å². The predicted molar refractivity (Wildman–Crippen MR) is 170 cm³/mol. The summed E-state index contributed by atoms with van der Waals surface area (Å²) in [5.41, 5.74) is 8.46. The van der Waals surface area contributed by atoms with Gasteiger partial charge in [0.25, 0.3) is 5.91 Å². The Balaban J connectivity index is 1.26. The molecule has 7 nitrogen and oxygen atoms in total. The predicted octanol–water partition coefficient (Wildman–Crippen LogP) is 6.55. The number of para-hydroxylation sites is 1.